The Bertz CT molecular complexity index is 652. The molecule has 102 valence electrons. The van der Waals surface area contributed by atoms with Crippen LogP contribution in [0.15, 0.2) is 24.3 Å². The highest BCUT2D eigenvalue weighted by Crippen LogP contribution is 2.31. The van der Waals surface area contributed by atoms with Crippen LogP contribution in [-0.2, 0) is 21.1 Å². The Hall–Kier alpha value is -1.42. The molecule has 0 unspecified atom stereocenters. The van der Waals surface area contributed by atoms with Gasteiger partial charge in [0.05, 0.1) is 0 Å². The summed E-state index contributed by atoms with van der Waals surface area (Å²) in [5, 5.41) is 0. The first-order valence-corrected chi connectivity index (χ1v) is 8.38. The van der Waals surface area contributed by atoms with Crippen LogP contribution >= 0.6 is 0 Å². The molecule has 0 radical (unpaired) electrons. The highest BCUT2D eigenvalue weighted by atomic mass is 32.2. The van der Waals surface area contributed by atoms with Gasteiger partial charge in [0.15, 0.2) is 15.6 Å². The summed E-state index contributed by atoms with van der Waals surface area (Å²) in [5.41, 5.74) is 3.72. The third kappa shape index (κ3) is 3.13. The second-order valence-electron chi connectivity index (χ2n) is 5.39. The molecule has 1 aliphatic carbocycles. The number of carbonyl (C=O) groups is 1. The number of fused-ring (bicyclic) bond motifs is 1. The summed E-state index contributed by atoms with van der Waals surface area (Å²) in [4.78, 5) is 12.1. The third-order valence-corrected chi connectivity index (χ3v) is 4.10. The molecule has 0 saturated heterocycles. The van der Waals surface area contributed by atoms with Gasteiger partial charge in [-0.1, -0.05) is 38.1 Å². The van der Waals surface area contributed by atoms with Crippen molar-refractivity contribution in [2.45, 2.75) is 26.2 Å². The van der Waals surface area contributed by atoms with Crippen LogP contribution in [-0.4, -0.2) is 26.2 Å². The first kappa shape index (κ1) is 14.0. The van der Waals surface area contributed by atoms with Crippen molar-refractivity contribution < 1.29 is 13.2 Å². The molecule has 1 aromatic rings. The molecule has 2 rings (SSSR count). The van der Waals surface area contributed by atoms with Gasteiger partial charge in [0.2, 0.25) is 0 Å². The minimum atomic E-state index is -3.28. The Morgan fingerprint density at radius 3 is 2.58 bits per heavy atom. The lowest BCUT2D eigenvalue weighted by molar-refractivity contribution is -0.111. The van der Waals surface area contributed by atoms with E-state index in [9.17, 15) is 13.2 Å². The normalized spacial score (nSPS) is 14.4. The highest BCUT2D eigenvalue weighted by Gasteiger charge is 2.23. The van der Waals surface area contributed by atoms with E-state index in [1.165, 1.54) is 5.56 Å². The molecular formula is C15H18O3S. The van der Waals surface area contributed by atoms with Crippen LogP contribution in [0.4, 0.5) is 0 Å². The summed E-state index contributed by atoms with van der Waals surface area (Å²) in [6.45, 7) is 4.19. The summed E-state index contributed by atoms with van der Waals surface area (Å²) in [7, 11) is -3.28. The topological polar surface area (TPSA) is 51.2 Å². The largest absolute Gasteiger partial charge is 0.293 e. The number of Topliss-reactive ketones (excluding diaryl/α,β-unsaturated/α-hetero) is 1. The zero-order valence-electron chi connectivity index (χ0n) is 11.4. The molecule has 3 nitrogen and oxygen atoms in total. The number of rotatable bonds is 4. The Kier molecular flexibility index (Phi) is 3.63. The molecule has 0 bridgehead atoms. The van der Waals surface area contributed by atoms with Crippen LogP contribution in [0.25, 0.3) is 5.57 Å². The van der Waals surface area contributed by atoms with E-state index < -0.39 is 15.6 Å². The van der Waals surface area contributed by atoms with E-state index in [0.29, 0.717) is 17.9 Å². The van der Waals surface area contributed by atoms with Crippen molar-refractivity contribution in [3.63, 3.8) is 0 Å². The molecule has 19 heavy (non-hydrogen) atoms. The lowest BCUT2D eigenvalue weighted by atomic mass is 9.95. The minimum Gasteiger partial charge on any atom is -0.293 e. The van der Waals surface area contributed by atoms with Gasteiger partial charge in [0.25, 0.3) is 0 Å². The molecule has 4 heteroatoms. The van der Waals surface area contributed by atoms with E-state index in [4.69, 9.17) is 0 Å². The van der Waals surface area contributed by atoms with E-state index in [1.807, 2.05) is 18.2 Å². The summed E-state index contributed by atoms with van der Waals surface area (Å²) in [6, 6.07) is 6.11. The lowest BCUT2D eigenvalue weighted by Crippen LogP contribution is -2.15. The standard InChI is InChI=1S/C15H18O3S/c1-10(2)12-5-4-11-6-7-13(14(11)8-12)15(16)9-19(3,17)18/h4-5,7-8,10H,6,9H2,1-3H3. The number of ketones is 1. The van der Waals surface area contributed by atoms with Crippen molar-refractivity contribution in [2.75, 3.05) is 12.0 Å². The smallest absolute Gasteiger partial charge is 0.178 e. The fraction of sp³-hybridized carbons (Fsp3) is 0.400. The number of carbonyl (C=O) groups excluding carboxylic acids is 1. The summed E-state index contributed by atoms with van der Waals surface area (Å²) < 4.78 is 22.5. The van der Waals surface area contributed by atoms with Crippen molar-refractivity contribution in [1.29, 1.82) is 0 Å². The molecule has 0 aromatic heterocycles. The quantitative estimate of drug-likeness (QED) is 0.849. The monoisotopic (exact) mass is 278 g/mol. The molecule has 0 N–H and O–H groups in total. The van der Waals surface area contributed by atoms with E-state index in [-0.39, 0.29) is 5.78 Å². The predicted octanol–water partition coefficient (Wildman–Crippen LogP) is 2.36. The van der Waals surface area contributed by atoms with Crippen molar-refractivity contribution in [3.05, 3.63) is 41.0 Å². The van der Waals surface area contributed by atoms with Crippen LogP contribution in [0, 0.1) is 0 Å². The fourth-order valence-corrected chi connectivity index (χ4v) is 2.92. The van der Waals surface area contributed by atoms with Gasteiger partial charge in [0.1, 0.15) is 5.75 Å². The predicted molar refractivity (Wildman–Crippen MR) is 76.9 cm³/mol. The Balaban J connectivity index is 2.35. The van der Waals surface area contributed by atoms with Gasteiger partial charge in [-0.05, 0) is 29.0 Å². The Morgan fingerprint density at radius 1 is 1.32 bits per heavy atom. The van der Waals surface area contributed by atoms with Gasteiger partial charge in [-0.3, -0.25) is 4.79 Å². The van der Waals surface area contributed by atoms with E-state index in [0.717, 1.165) is 17.4 Å². The zero-order chi connectivity index (χ0) is 14.2. The van der Waals surface area contributed by atoms with Crippen molar-refractivity contribution >= 4 is 21.2 Å². The van der Waals surface area contributed by atoms with Crippen molar-refractivity contribution in [3.8, 4) is 0 Å². The maximum absolute atomic E-state index is 12.1. The number of sulfone groups is 1. The highest BCUT2D eigenvalue weighted by molar-refractivity contribution is 7.91. The van der Waals surface area contributed by atoms with Gasteiger partial charge in [-0.15, -0.1) is 0 Å². The molecule has 1 aliphatic rings. The molecule has 1 aromatic carbocycles. The van der Waals surface area contributed by atoms with Gasteiger partial charge < -0.3 is 0 Å². The first-order chi connectivity index (χ1) is 8.78. The molecule has 0 heterocycles. The average Bonchev–Trinajstić information content (AvgIpc) is 2.68. The molecule has 0 atom stereocenters. The first-order valence-electron chi connectivity index (χ1n) is 6.32. The van der Waals surface area contributed by atoms with Gasteiger partial charge in [-0.2, -0.15) is 0 Å². The second-order valence-corrected chi connectivity index (χ2v) is 7.53. The van der Waals surface area contributed by atoms with Crippen LogP contribution in [0.5, 0.6) is 0 Å². The van der Waals surface area contributed by atoms with Crippen LogP contribution in [0.2, 0.25) is 0 Å². The number of benzene rings is 1. The van der Waals surface area contributed by atoms with Gasteiger partial charge in [-0.25, -0.2) is 8.42 Å². The molecule has 0 saturated carbocycles. The summed E-state index contributed by atoms with van der Waals surface area (Å²) in [6.07, 6.45) is 3.63. The molecule has 0 fully saturated rings. The van der Waals surface area contributed by atoms with Gasteiger partial charge in [0, 0.05) is 11.8 Å². The number of hydrogen-bond donors (Lipinski definition) is 0. The van der Waals surface area contributed by atoms with E-state index >= 15 is 0 Å². The maximum atomic E-state index is 12.1. The lowest BCUT2D eigenvalue weighted by Gasteiger charge is -2.10. The molecule has 0 aliphatic heterocycles. The number of allylic oxidation sites excluding steroid dienone is 2. The summed E-state index contributed by atoms with van der Waals surface area (Å²) >= 11 is 0. The van der Waals surface area contributed by atoms with Crippen LogP contribution < -0.4 is 0 Å². The van der Waals surface area contributed by atoms with Crippen LogP contribution in [0.3, 0.4) is 0 Å². The van der Waals surface area contributed by atoms with Crippen LogP contribution in [0.1, 0.15) is 36.5 Å². The fourth-order valence-electron chi connectivity index (χ4n) is 2.28. The molecular weight excluding hydrogens is 260 g/mol. The van der Waals surface area contributed by atoms with E-state index in [1.54, 1.807) is 0 Å². The summed E-state index contributed by atoms with van der Waals surface area (Å²) in [5.74, 6) is -0.330. The third-order valence-electron chi connectivity index (χ3n) is 3.31. The average molecular weight is 278 g/mol. The Morgan fingerprint density at radius 2 is 2.00 bits per heavy atom. The molecule has 0 spiro atoms. The Labute approximate surface area is 114 Å². The van der Waals surface area contributed by atoms with Crippen molar-refractivity contribution in [2.24, 2.45) is 0 Å². The van der Waals surface area contributed by atoms with Gasteiger partial charge >= 0.3 is 0 Å². The SMILES string of the molecule is CC(C)c1ccc2c(c1)C(C(=O)CS(C)(=O)=O)=CC2. The number of hydrogen-bond acceptors (Lipinski definition) is 3. The maximum Gasteiger partial charge on any atom is 0.178 e. The van der Waals surface area contributed by atoms with E-state index in [2.05, 4.69) is 19.9 Å². The second kappa shape index (κ2) is 4.93. The zero-order valence-corrected chi connectivity index (χ0v) is 12.3. The molecule has 0 amide bonds. The minimum absolute atomic E-state index is 0.304. The van der Waals surface area contributed by atoms with Crippen molar-refractivity contribution in [1.82, 2.24) is 0 Å².